The molecule has 1 aromatic heterocycles. The lowest BCUT2D eigenvalue weighted by Crippen LogP contribution is -2.27. The number of hydrogen-bond donors (Lipinski definition) is 1. The molecule has 2 aromatic rings. The van der Waals surface area contributed by atoms with Crippen molar-refractivity contribution in [3.8, 4) is 0 Å². The molecule has 0 radical (unpaired) electrons. The lowest BCUT2D eigenvalue weighted by Gasteiger charge is -2.09. The van der Waals surface area contributed by atoms with E-state index in [4.69, 9.17) is 11.6 Å². The summed E-state index contributed by atoms with van der Waals surface area (Å²) in [5.74, 6) is -0.342. The largest absolute Gasteiger partial charge is 0.619 e. The molecule has 1 N–H and O–H groups in total. The molecule has 1 aromatic carbocycles. The molecule has 0 bridgehead atoms. The molecule has 0 saturated heterocycles. The summed E-state index contributed by atoms with van der Waals surface area (Å²) in [5.41, 5.74) is 1.72. The SMILES string of the molecule is Cc1c(Cl)cccc1NC(=O)c1ccc[n+]([O-])c1. The van der Waals surface area contributed by atoms with Crippen LogP contribution in [0.2, 0.25) is 5.02 Å². The van der Waals surface area contributed by atoms with Gasteiger partial charge in [-0.3, -0.25) is 4.79 Å². The van der Waals surface area contributed by atoms with Crippen LogP contribution in [0.5, 0.6) is 0 Å². The zero-order valence-corrected chi connectivity index (χ0v) is 10.4. The van der Waals surface area contributed by atoms with Gasteiger partial charge in [-0.15, -0.1) is 0 Å². The highest BCUT2D eigenvalue weighted by molar-refractivity contribution is 6.31. The first-order valence-corrected chi connectivity index (χ1v) is 5.71. The molecule has 0 aliphatic rings. The van der Waals surface area contributed by atoms with Crippen molar-refractivity contribution < 1.29 is 9.52 Å². The zero-order valence-electron chi connectivity index (χ0n) is 9.68. The van der Waals surface area contributed by atoms with Gasteiger partial charge in [-0.05, 0) is 30.7 Å². The Morgan fingerprint density at radius 3 is 2.83 bits per heavy atom. The molecule has 0 atom stereocenters. The maximum absolute atomic E-state index is 11.9. The predicted octanol–water partition coefficient (Wildman–Crippen LogP) is 2.53. The lowest BCUT2D eigenvalue weighted by atomic mass is 10.2. The van der Waals surface area contributed by atoms with Crippen LogP contribution in [0.25, 0.3) is 0 Å². The third-order valence-corrected chi connectivity index (χ3v) is 2.96. The Kier molecular flexibility index (Phi) is 3.48. The summed E-state index contributed by atoms with van der Waals surface area (Å²) in [6.45, 7) is 1.82. The fourth-order valence-electron chi connectivity index (χ4n) is 1.53. The first-order valence-electron chi connectivity index (χ1n) is 5.33. The molecule has 0 aliphatic heterocycles. The quantitative estimate of drug-likeness (QED) is 0.668. The van der Waals surface area contributed by atoms with Crippen LogP contribution in [0.1, 0.15) is 15.9 Å². The number of halogens is 1. The van der Waals surface area contributed by atoms with E-state index in [1.165, 1.54) is 18.5 Å². The molecule has 92 valence electrons. The summed E-state index contributed by atoms with van der Waals surface area (Å²) < 4.78 is 0.583. The number of anilines is 1. The average Bonchev–Trinajstić information content (AvgIpc) is 2.35. The van der Waals surface area contributed by atoms with Crippen LogP contribution in [-0.2, 0) is 0 Å². The van der Waals surface area contributed by atoms with Gasteiger partial charge in [0.1, 0.15) is 5.56 Å². The van der Waals surface area contributed by atoms with E-state index in [1.807, 2.05) is 6.92 Å². The number of aromatic nitrogens is 1. The van der Waals surface area contributed by atoms with E-state index in [2.05, 4.69) is 5.32 Å². The minimum absolute atomic E-state index is 0.298. The standard InChI is InChI=1S/C13H11ClN2O2/c1-9-11(14)5-2-6-12(9)15-13(17)10-4-3-7-16(18)8-10/h2-8H,1H3,(H,15,17). The zero-order chi connectivity index (χ0) is 13.1. The van der Waals surface area contributed by atoms with Crippen LogP contribution in [0, 0.1) is 12.1 Å². The number of nitrogens with one attached hydrogen (secondary N) is 1. The predicted molar refractivity (Wildman–Crippen MR) is 69.5 cm³/mol. The van der Waals surface area contributed by atoms with Crippen molar-refractivity contribution in [2.75, 3.05) is 5.32 Å². The highest BCUT2D eigenvalue weighted by atomic mass is 35.5. The molecule has 1 amide bonds. The van der Waals surface area contributed by atoms with Gasteiger partial charge >= 0.3 is 0 Å². The monoisotopic (exact) mass is 262 g/mol. The fraction of sp³-hybridized carbons (Fsp3) is 0.0769. The highest BCUT2D eigenvalue weighted by Gasteiger charge is 2.11. The van der Waals surface area contributed by atoms with Crippen molar-refractivity contribution in [2.45, 2.75) is 6.92 Å². The Morgan fingerprint density at radius 1 is 1.33 bits per heavy atom. The molecule has 0 unspecified atom stereocenters. The van der Waals surface area contributed by atoms with Gasteiger partial charge in [-0.2, -0.15) is 4.73 Å². The van der Waals surface area contributed by atoms with E-state index >= 15 is 0 Å². The summed E-state index contributed by atoms with van der Waals surface area (Å²) in [4.78, 5) is 11.9. The fourth-order valence-corrected chi connectivity index (χ4v) is 1.70. The number of amides is 1. The summed E-state index contributed by atoms with van der Waals surface area (Å²) in [5, 5.41) is 14.4. The van der Waals surface area contributed by atoms with Gasteiger partial charge in [0.2, 0.25) is 0 Å². The van der Waals surface area contributed by atoms with E-state index in [1.54, 1.807) is 24.3 Å². The molecule has 2 rings (SSSR count). The second-order valence-electron chi connectivity index (χ2n) is 3.82. The van der Waals surface area contributed by atoms with Crippen molar-refractivity contribution in [3.63, 3.8) is 0 Å². The van der Waals surface area contributed by atoms with Gasteiger partial charge in [0.25, 0.3) is 5.91 Å². The minimum Gasteiger partial charge on any atom is -0.619 e. The second kappa shape index (κ2) is 5.06. The van der Waals surface area contributed by atoms with E-state index in [0.717, 1.165) is 5.56 Å². The normalized spacial score (nSPS) is 10.1. The third kappa shape index (κ3) is 2.60. The molecule has 4 nitrogen and oxygen atoms in total. The number of pyridine rings is 1. The molecule has 0 aliphatic carbocycles. The van der Waals surface area contributed by atoms with Crippen LogP contribution in [0.15, 0.2) is 42.7 Å². The average molecular weight is 263 g/mol. The number of nitrogens with zero attached hydrogens (tertiary/aromatic N) is 1. The smallest absolute Gasteiger partial charge is 0.261 e. The van der Waals surface area contributed by atoms with Crippen LogP contribution >= 0.6 is 11.6 Å². The summed E-state index contributed by atoms with van der Waals surface area (Å²) >= 11 is 5.96. The summed E-state index contributed by atoms with van der Waals surface area (Å²) in [7, 11) is 0. The van der Waals surface area contributed by atoms with Gasteiger partial charge < -0.3 is 10.5 Å². The van der Waals surface area contributed by atoms with Crippen LogP contribution < -0.4 is 10.0 Å². The third-order valence-electron chi connectivity index (χ3n) is 2.55. The topological polar surface area (TPSA) is 56.0 Å². The van der Waals surface area contributed by atoms with E-state index in [9.17, 15) is 10.0 Å². The van der Waals surface area contributed by atoms with Crippen molar-refractivity contribution >= 4 is 23.2 Å². The van der Waals surface area contributed by atoms with Crippen molar-refractivity contribution in [1.29, 1.82) is 0 Å². The first-order chi connectivity index (χ1) is 8.58. The number of carbonyl (C=O) groups excluding carboxylic acids is 1. The highest BCUT2D eigenvalue weighted by Crippen LogP contribution is 2.23. The van der Waals surface area contributed by atoms with Gasteiger partial charge in [0.15, 0.2) is 12.4 Å². The first kappa shape index (κ1) is 12.4. The lowest BCUT2D eigenvalue weighted by molar-refractivity contribution is -0.605. The van der Waals surface area contributed by atoms with E-state index < -0.39 is 0 Å². The van der Waals surface area contributed by atoms with Gasteiger partial charge in [0, 0.05) is 16.8 Å². The molecule has 0 spiro atoms. The van der Waals surface area contributed by atoms with Crippen molar-refractivity contribution in [3.05, 3.63) is 64.1 Å². The number of hydrogen-bond acceptors (Lipinski definition) is 2. The molecule has 18 heavy (non-hydrogen) atoms. The molecule has 5 heteroatoms. The maximum Gasteiger partial charge on any atom is 0.261 e. The minimum atomic E-state index is -0.342. The van der Waals surface area contributed by atoms with Gasteiger partial charge in [0.05, 0.1) is 0 Å². The Hall–Kier alpha value is -2.07. The maximum atomic E-state index is 11.9. The van der Waals surface area contributed by atoms with Gasteiger partial charge in [-0.25, -0.2) is 0 Å². The second-order valence-corrected chi connectivity index (χ2v) is 4.23. The van der Waals surface area contributed by atoms with Crippen LogP contribution in [-0.4, -0.2) is 5.91 Å². The summed E-state index contributed by atoms with van der Waals surface area (Å²) in [6.07, 6.45) is 2.54. The van der Waals surface area contributed by atoms with Crippen LogP contribution in [0.3, 0.4) is 0 Å². The molecule has 1 heterocycles. The Labute approximate surface area is 109 Å². The van der Waals surface area contributed by atoms with Crippen molar-refractivity contribution in [1.82, 2.24) is 0 Å². The van der Waals surface area contributed by atoms with Crippen LogP contribution in [0.4, 0.5) is 5.69 Å². The van der Waals surface area contributed by atoms with E-state index in [-0.39, 0.29) is 5.91 Å². The molecular weight excluding hydrogens is 252 g/mol. The number of benzene rings is 1. The molecule has 0 saturated carbocycles. The van der Waals surface area contributed by atoms with Crippen molar-refractivity contribution in [2.24, 2.45) is 0 Å². The Morgan fingerprint density at radius 2 is 2.11 bits per heavy atom. The summed E-state index contributed by atoms with van der Waals surface area (Å²) in [6, 6.07) is 8.36. The van der Waals surface area contributed by atoms with Gasteiger partial charge in [-0.1, -0.05) is 17.7 Å². The Balaban J connectivity index is 2.24. The Bertz CT molecular complexity index is 599. The number of carbonyl (C=O) groups is 1. The molecular formula is C13H11ClN2O2. The van der Waals surface area contributed by atoms with E-state index in [0.29, 0.717) is 21.0 Å². The molecule has 0 fully saturated rings. The number of rotatable bonds is 2.